The first-order valence-electron chi connectivity index (χ1n) is 5.51. The molecule has 0 spiro atoms. The number of nitrogens with one attached hydrogen (secondary N) is 1. The number of halogens is 2. The van der Waals surface area contributed by atoms with Gasteiger partial charge >= 0.3 is 0 Å². The van der Waals surface area contributed by atoms with Gasteiger partial charge in [0.15, 0.2) is 0 Å². The molecule has 2 aromatic carbocycles. The van der Waals surface area contributed by atoms with Crippen LogP contribution in [-0.4, -0.2) is 7.11 Å². The second-order valence-electron chi connectivity index (χ2n) is 3.82. The maximum Gasteiger partial charge on any atom is 0.131 e. The van der Waals surface area contributed by atoms with Crippen molar-refractivity contribution in [3.63, 3.8) is 0 Å². The molecule has 0 atom stereocenters. The number of hydrogen-bond acceptors (Lipinski definition) is 2. The van der Waals surface area contributed by atoms with Crippen LogP contribution in [0.4, 0.5) is 10.1 Å². The Morgan fingerprint density at radius 3 is 2.72 bits per heavy atom. The first kappa shape index (κ1) is 12.9. The second kappa shape index (κ2) is 5.87. The smallest absolute Gasteiger partial charge is 0.131 e. The van der Waals surface area contributed by atoms with Crippen molar-refractivity contribution < 1.29 is 9.13 Å². The van der Waals surface area contributed by atoms with Gasteiger partial charge in [-0.1, -0.05) is 28.1 Å². The summed E-state index contributed by atoms with van der Waals surface area (Å²) in [5.41, 5.74) is 1.55. The van der Waals surface area contributed by atoms with Gasteiger partial charge in [-0.15, -0.1) is 0 Å². The topological polar surface area (TPSA) is 21.3 Å². The molecule has 94 valence electrons. The van der Waals surface area contributed by atoms with E-state index in [0.29, 0.717) is 17.9 Å². The molecule has 0 fully saturated rings. The Bertz CT molecular complexity index is 545. The number of hydrogen-bond donors (Lipinski definition) is 1. The highest BCUT2D eigenvalue weighted by Crippen LogP contribution is 2.19. The summed E-state index contributed by atoms with van der Waals surface area (Å²) in [6.07, 6.45) is 0. The maximum atomic E-state index is 13.7. The quantitative estimate of drug-likeness (QED) is 0.913. The SMILES string of the molecule is COc1ccc(CNc2cccc(Br)c2)c(F)c1. The Kier molecular flexibility index (Phi) is 4.20. The van der Waals surface area contributed by atoms with Crippen molar-refractivity contribution >= 4 is 21.6 Å². The molecule has 0 aliphatic rings. The van der Waals surface area contributed by atoms with E-state index in [2.05, 4.69) is 21.2 Å². The van der Waals surface area contributed by atoms with Crippen LogP contribution in [0.2, 0.25) is 0 Å². The predicted molar refractivity (Wildman–Crippen MR) is 74.4 cm³/mol. The fourth-order valence-electron chi connectivity index (χ4n) is 1.59. The van der Waals surface area contributed by atoms with Gasteiger partial charge in [0.1, 0.15) is 11.6 Å². The third-order valence-electron chi connectivity index (χ3n) is 2.57. The Morgan fingerprint density at radius 1 is 1.22 bits per heavy atom. The predicted octanol–water partition coefficient (Wildman–Crippen LogP) is 4.21. The Hall–Kier alpha value is -1.55. The van der Waals surface area contributed by atoms with Crippen molar-refractivity contribution in [2.75, 3.05) is 12.4 Å². The van der Waals surface area contributed by atoms with Crippen molar-refractivity contribution in [3.05, 3.63) is 58.3 Å². The van der Waals surface area contributed by atoms with E-state index in [4.69, 9.17) is 4.74 Å². The highest BCUT2D eigenvalue weighted by molar-refractivity contribution is 9.10. The maximum absolute atomic E-state index is 13.7. The van der Waals surface area contributed by atoms with Gasteiger partial charge in [-0.3, -0.25) is 0 Å². The highest BCUT2D eigenvalue weighted by Gasteiger charge is 2.03. The van der Waals surface area contributed by atoms with Crippen LogP contribution in [0.15, 0.2) is 46.9 Å². The lowest BCUT2D eigenvalue weighted by molar-refractivity contribution is 0.411. The number of methoxy groups -OCH3 is 1. The minimum absolute atomic E-state index is 0.267. The van der Waals surface area contributed by atoms with Gasteiger partial charge in [0.2, 0.25) is 0 Å². The standard InChI is InChI=1S/C14H13BrFNO/c1-18-13-6-5-10(14(16)8-13)9-17-12-4-2-3-11(15)7-12/h2-8,17H,9H2,1H3. The van der Waals surface area contributed by atoms with Gasteiger partial charge in [0, 0.05) is 28.3 Å². The average Bonchev–Trinajstić information content (AvgIpc) is 2.37. The molecule has 0 aliphatic heterocycles. The van der Waals surface area contributed by atoms with E-state index in [1.54, 1.807) is 12.1 Å². The third kappa shape index (κ3) is 3.23. The van der Waals surface area contributed by atoms with E-state index in [1.165, 1.54) is 13.2 Å². The van der Waals surface area contributed by atoms with E-state index in [0.717, 1.165) is 10.2 Å². The summed E-state index contributed by atoms with van der Waals surface area (Å²) in [5, 5.41) is 3.17. The van der Waals surface area contributed by atoms with E-state index < -0.39 is 0 Å². The third-order valence-corrected chi connectivity index (χ3v) is 3.06. The van der Waals surface area contributed by atoms with Crippen LogP contribution in [0.5, 0.6) is 5.75 Å². The second-order valence-corrected chi connectivity index (χ2v) is 4.74. The van der Waals surface area contributed by atoms with Crippen LogP contribution in [0.1, 0.15) is 5.56 Å². The van der Waals surface area contributed by atoms with E-state index in [-0.39, 0.29) is 5.82 Å². The molecular weight excluding hydrogens is 297 g/mol. The molecule has 0 saturated heterocycles. The van der Waals surface area contributed by atoms with Crippen molar-refractivity contribution in [3.8, 4) is 5.75 Å². The molecule has 2 aromatic rings. The van der Waals surface area contributed by atoms with Crippen LogP contribution >= 0.6 is 15.9 Å². The lowest BCUT2D eigenvalue weighted by Crippen LogP contribution is -2.02. The molecule has 1 N–H and O–H groups in total. The number of rotatable bonds is 4. The molecule has 18 heavy (non-hydrogen) atoms. The van der Waals surface area contributed by atoms with E-state index in [9.17, 15) is 4.39 Å². The molecule has 0 saturated carbocycles. The lowest BCUT2D eigenvalue weighted by atomic mass is 10.2. The largest absolute Gasteiger partial charge is 0.497 e. The molecule has 2 nitrogen and oxygen atoms in total. The van der Waals surface area contributed by atoms with Crippen LogP contribution in [0.3, 0.4) is 0 Å². The molecule has 0 unspecified atom stereocenters. The van der Waals surface area contributed by atoms with E-state index >= 15 is 0 Å². The van der Waals surface area contributed by atoms with Crippen LogP contribution in [0.25, 0.3) is 0 Å². The van der Waals surface area contributed by atoms with Crippen molar-refractivity contribution in [2.45, 2.75) is 6.54 Å². The summed E-state index contributed by atoms with van der Waals surface area (Å²) in [6.45, 7) is 0.437. The summed E-state index contributed by atoms with van der Waals surface area (Å²) >= 11 is 3.39. The van der Waals surface area contributed by atoms with Gasteiger partial charge < -0.3 is 10.1 Å². The number of benzene rings is 2. The molecule has 0 amide bonds. The fraction of sp³-hybridized carbons (Fsp3) is 0.143. The van der Waals surface area contributed by atoms with Crippen LogP contribution in [-0.2, 0) is 6.54 Å². The fourth-order valence-corrected chi connectivity index (χ4v) is 1.99. The first-order valence-corrected chi connectivity index (χ1v) is 6.30. The zero-order chi connectivity index (χ0) is 13.0. The first-order chi connectivity index (χ1) is 8.69. The summed E-state index contributed by atoms with van der Waals surface area (Å²) in [5.74, 6) is 0.260. The molecule has 0 bridgehead atoms. The molecule has 4 heteroatoms. The van der Waals surface area contributed by atoms with Gasteiger partial charge in [-0.05, 0) is 24.3 Å². The number of anilines is 1. The van der Waals surface area contributed by atoms with Gasteiger partial charge in [0.05, 0.1) is 7.11 Å². The Labute approximate surface area is 114 Å². The minimum atomic E-state index is -0.267. The summed E-state index contributed by atoms with van der Waals surface area (Å²) in [4.78, 5) is 0. The van der Waals surface area contributed by atoms with Crippen LogP contribution < -0.4 is 10.1 Å². The Morgan fingerprint density at radius 2 is 2.06 bits per heavy atom. The van der Waals surface area contributed by atoms with E-state index in [1.807, 2.05) is 24.3 Å². The molecule has 0 heterocycles. The monoisotopic (exact) mass is 309 g/mol. The summed E-state index contributed by atoms with van der Waals surface area (Å²) < 4.78 is 19.6. The summed E-state index contributed by atoms with van der Waals surface area (Å²) in [7, 11) is 1.52. The molecule has 2 rings (SSSR count). The normalized spacial score (nSPS) is 10.2. The average molecular weight is 310 g/mol. The molecular formula is C14H13BrFNO. The zero-order valence-electron chi connectivity index (χ0n) is 9.91. The Balaban J connectivity index is 2.06. The van der Waals surface area contributed by atoms with Gasteiger partial charge in [0.25, 0.3) is 0 Å². The van der Waals surface area contributed by atoms with Crippen molar-refractivity contribution in [2.24, 2.45) is 0 Å². The minimum Gasteiger partial charge on any atom is -0.497 e. The van der Waals surface area contributed by atoms with Gasteiger partial charge in [-0.2, -0.15) is 0 Å². The highest BCUT2D eigenvalue weighted by atomic mass is 79.9. The molecule has 0 radical (unpaired) electrons. The summed E-state index contributed by atoms with van der Waals surface area (Å²) in [6, 6.07) is 12.6. The van der Waals surface area contributed by atoms with Crippen LogP contribution in [0, 0.1) is 5.82 Å². The van der Waals surface area contributed by atoms with Gasteiger partial charge in [-0.25, -0.2) is 4.39 Å². The molecule has 0 aromatic heterocycles. The van der Waals surface area contributed by atoms with Crippen molar-refractivity contribution in [1.82, 2.24) is 0 Å². The lowest BCUT2D eigenvalue weighted by Gasteiger charge is -2.09. The number of ether oxygens (including phenoxy) is 1. The molecule has 0 aliphatic carbocycles. The zero-order valence-corrected chi connectivity index (χ0v) is 11.5. The van der Waals surface area contributed by atoms with Crippen molar-refractivity contribution in [1.29, 1.82) is 0 Å².